The standard InChI is InChI=1S/C33H44N4O/c1-19(2)23(8)34-16-26-14-31(33-27(21(5)6)12-13-30-28(33)17-35-37-30)36-24(9)29(26)18-38-32-15-25(20(3)4)11-10-22(32)7/h10-15,17,19-21,23,34H,16,18H2,1-9H3,(H,35,37). The van der Waals surface area contributed by atoms with E-state index < -0.39 is 0 Å². The van der Waals surface area contributed by atoms with Gasteiger partial charge in [0.25, 0.3) is 0 Å². The lowest BCUT2D eigenvalue weighted by atomic mass is 9.91. The first kappa shape index (κ1) is 27.8. The average molecular weight is 513 g/mol. The number of nitrogens with zero attached hydrogens (tertiary/aromatic N) is 2. The van der Waals surface area contributed by atoms with Crippen LogP contribution in [0.2, 0.25) is 0 Å². The molecule has 0 aliphatic carbocycles. The number of benzene rings is 2. The molecule has 0 saturated carbocycles. The molecule has 0 amide bonds. The van der Waals surface area contributed by atoms with Crippen LogP contribution >= 0.6 is 0 Å². The molecule has 4 rings (SSSR count). The van der Waals surface area contributed by atoms with E-state index in [9.17, 15) is 0 Å². The van der Waals surface area contributed by atoms with E-state index in [4.69, 9.17) is 9.72 Å². The second-order valence-electron chi connectivity index (χ2n) is 11.6. The van der Waals surface area contributed by atoms with Crippen molar-refractivity contribution in [2.45, 2.75) is 93.3 Å². The van der Waals surface area contributed by atoms with Crippen molar-refractivity contribution in [3.63, 3.8) is 0 Å². The highest BCUT2D eigenvalue weighted by molar-refractivity contribution is 5.95. The van der Waals surface area contributed by atoms with Gasteiger partial charge >= 0.3 is 0 Å². The predicted molar refractivity (Wildman–Crippen MR) is 159 cm³/mol. The summed E-state index contributed by atoms with van der Waals surface area (Å²) in [5, 5.41) is 12.3. The molecule has 0 spiro atoms. The first-order valence-electron chi connectivity index (χ1n) is 14.0. The van der Waals surface area contributed by atoms with Crippen LogP contribution in [-0.4, -0.2) is 21.2 Å². The van der Waals surface area contributed by atoms with E-state index in [1.54, 1.807) is 0 Å². The second kappa shape index (κ2) is 11.7. The monoisotopic (exact) mass is 512 g/mol. The summed E-state index contributed by atoms with van der Waals surface area (Å²) in [6.45, 7) is 21.1. The Morgan fingerprint density at radius 1 is 0.921 bits per heavy atom. The minimum absolute atomic E-state index is 0.369. The summed E-state index contributed by atoms with van der Waals surface area (Å²) in [6.07, 6.45) is 1.92. The van der Waals surface area contributed by atoms with Crippen LogP contribution < -0.4 is 10.1 Å². The molecule has 1 unspecified atom stereocenters. The van der Waals surface area contributed by atoms with Crippen molar-refractivity contribution in [2.75, 3.05) is 0 Å². The molecule has 0 fully saturated rings. The highest BCUT2D eigenvalue weighted by Gasteiger charge is 2.19. The Morgan fingerprint density at radius 2 is 1.68 bits per heavy atom. The lowest BCUT2D eigenvalue weighted by molar-refractivity contribution is 0.300. The third kappa shape index (κ3) is 5.94. The molecule has 5 nitrogen and oxygen atoms in total. The quantitative estimate of drug-likeness (QED) is 0.225. The van der Waals surface area contributed by atoms with E-state index in [0.717, 1.165) is 45.7 Å². The molecule has 0 radical (unpaired) electrons. The molecule has 202 valence electrons. The predicted octanol–water partition coefficient (Wildman–Crippen LogP) is 8.20. The van der Waals surface area contributed by atoms with Gasteiger partial charge in [-0.25, -0.2) is 0 Å². The third-order valence-electron chi connectivity index (χ3n) is 7.82. The number of nitrogens with one attached hydrogen (secondary N) is 2. The number of aryl methyl sites for hydroxylation is 2. The van der Waals surface area contributed by atoms with Gasteiger partial charge in [0.1, 0.15) is 12.4 Å². The molecule has 0 saturated heterocycles. The van der Waals surface area contributed by atoms with E-state index in [-0.39, 0.29) is 0 Å². The van der Waals surface area contributed by atoms with Crippen LogP contribution in [0.15, 0.2) is 42.6 Å². The third-order valence-corrected chi connectivity index (χ3v) is 7.82. The number of rotatable bonds is 10. The van der Waals surface area contributed by atoms with Crippen molar-refractivity contribution < 1.29 is 4.74 Å². The van der Waals surface area contributed by atoms with Crippen molar-refractivity contribution in [1.29, 1.82) is 0 Å². The summed E-state index contributed by atoms with van der Waals surface area (Å²) < 4.78 is 6.47. The minimum Gasteiger partial charge on any atom is -0.489 e. The fourth-order valence-corrected chi connectivity index (χ4v) is 4.84. The lowest BCUT2D eigenvalue weighted by Crippen LogP contribution is -2.30. The van der Waals surface area contributed by atoms with Crippen molar-refractivity contribution >= 4 is 10.9 Å². The molecule has 0 bridgehead atoms. The van der Waals surface area contributed by atoms with E-state index >= 15 is 0 Å². The molecule has 1 atom stereocenters. The zero-order chi connectivity index (χ0) is 27.6. The molecule has 0 aliphatic rings. The highest BCUT2D eigenvalue weighted by Crippen LogP contribution is 2.36. The summed E-state index contributed by atoms with van der Waals surface area (Å²) in [6, 6.07) is 13.5. The van der Waals surface area contributed by atoms with Crippen molar-refractivity contribution in [2.24, 2.45) is 5.92 Å². The number of aromatic nitrogens is 3. The molecule has 38 heavy (non-hydrogen) atoms. The topological polar surface area (TPSA) is 62.8 Å². The molecule has 2 aromatic carbocycles. The maximum absolute atomic E-state index is 6.47. The Labute approximate surface area is 228 Å². The van der Waals surface area contributed by atoms with Gasteiger partial charge < -0.3 is 10.1 Å². The van der Waals surface area contributed by atoms with Gasteiger partial charge in [0.05, 0.1) is 17.4 Å². The van der Waals surface area contributed by atoms with Crippen molar-refractivity contribution in [3.05, 3.63) is 76.1 Å². The Kier molecular flexibility index (Phi) is 8.57. The zero-order valence-corrected chi connectivity index (χ0v) is 24.6. The molecule has 2 heterocycles. The molecular weight excluding hydrogens is 468 g/mol. The fraction of sp³-hybridized carbons (Fsp3) is 0.455. The Hall–Kier alpha value is -3.18. The first-order chi connectivity index (χ1) is 18.1. The first-order valence-corrected chi connectivity index (χ1v) is 14.0. The van der Waals surface area contributed by atoms with Gasteiger partial charge in [0, 0.05) is 34.8 Å². The van der Waals surface area contributed by atoms with Crippen LogP contribution in [-0.2, 0) is 13.2 Å². The summed E-state index contributed by atoms with van der Waals surface area (Å²) >= 11 is 0. The highest BCUT2D eigenvalue weighted by atomic mass is 16.5. The summed E-state index contributed by atoms with van der Waals surface area (Å²) in [5.74, 6) is 2.32. The number of aromatic amines is 1. The summed E-state index contributed by atoms with van der Waals surface area (Å²) in [7, 11) is 0. The molecule has 2 N–H and O–H groups in total. The number of H-pyrrole nitrogens is 1. The minimum atomic E-state index is 0.369. The molecule has 4 aromatic rings. The average Bonchev–Trinajstić information content (AvgIpc) is 3.35. The Balaban J connectivity index is 1.78. The zero-order valence-electron chi connectivity index (χ0n) is 24.6. The van der Waals surface area contributed by atoms with Crippen molar-refractivity contribution in [1.82, 2.24) is 20.5 Å². The van der Waals surface area contributed by atoms with Crippen LogP contribution in [0, 0.1) is 19.8 Å². The van der Waals surface area contributed by atoms with E-state index in [2.05, 4.69) is 114 Å². The van der Waals surface area contributed by atoms with Gasteiger partial charge in [-0.15, -0.1) is 0 Å². The van der Waals surface area contributed by atoms with Gasteiger partial charge in [-0.1, -0.05) is 59.7 Å². The van der Waals surface area contributed by atoms with E-state index in [1.165, 1.54) is 22.3 Å². The van der Waals surface area contributed by atoms with E-state index in [1.807, 2.05) is 6.20 Å². The molecule has 2 aromatic heterocycles. The molecule has 5 heteroatoms. The van der Waals surface area contributed by atoms with Gasteiger partial charge in [-0.2, -0.15) is 5.10 Å². The Morgan fingerprint density at radius 3 is 2.37 bits per heavy atom. The van der Waals surface area contributed by atoms with Crippen LogP contribution in [0.5, 0.6) is 5.75 Å². The number of hydrogen-bond donors (Lipinski definition) is 2. The van der Waals surface area contributed by atoms with Crippen LogP contribution in [0.3, 0.4) is 0 Å². The number of pyridine rings is 1. The van der Waals surface area contributed by atoms with Crippen LogP contribution in [0.25, 0.3) is 22.2 Å². The lowest BCUT2D eigenvalue weighted by Gasteiger charge is -2.22. The van der Waals surface area contributed by atoms with Crippen LogP contribution in [0.4, 0.5) is 0 Å². The van der Waals surface area contributed by atoms with Gasteiger partial charge in [-0.05, 0) is 79.0 Å². The summed E-state index contributed by atoms with van der Waals surface area (Å²) in [5.41, 5.74) is 10.3. The maximum Gasteiger partial charge on any atom is 0.123 e. The molecule has 0 aliphatic heterocycles. The normalized spacial score (nSPS) is 12.7. The van der Waals surface area contributed by atoms with Crippen LogP contribution in [0.1, 0.15) is 93.8 Å². The van der Waals surface area contributed by atoms with Gasteiger partial charge in [0.15, 0.2) is 0 Å². The second-order valence-corrected chi connectivity index (χ2v) is 11.6. The maximum atomic E-state index is 6.47. The number of fused-ring (bicyclic) bond motifs is 1. The van der Waals surface area contributed by atoms with E-state index in [0.29, 0.717) is 30.4 Å². The molecular formula is C33H44N4O. The van der Waals surface area contributed by atoms with Gasteiger partial charge in [-0.3, -0.25) is 10.1 Å². The summed E-state index contributed by atoms with van der Waals surface area (Å²) in [4.78, 5) is 5.17. The van der Waals surface area contributed by atoms with Crippen molar-refractivity contribution in [3.8, 4) is 17.0 Å². The largest absolute Gasteiger partial charge is 0.489 e. The SMILES string of the molecule is Cc1ccc(C(C)C)cc1OCc1c(CNC(C)C(C)C)cc(-c2c(C(C)C)ccc3[nH]ncc23)nc1C. The number of ether oxygens (including phenoxy) is 1. The smallest absolute Gasteiger partial charge is 0.123 e. The van der Waals surface area contributed by atoms with Gasteiger partial charge in [0.2, 0.25) is 0 Å². The Bertz CT molecular complexity index is 1400. The number of hydrogen-bond acceptors (Lipinski definition) is 4. The fourth-order valence-electron chi connectivity index (χ4n) is 4.84.